The molecule has 12 nitrogen and oxygen atoms in total. The van der Waals surface area contributed by atoms with Gasteiger partial charge in [-0.1, -0.05) is 27.7 Å². The summed E-state index contributed by atoms with van der Waals surface area (Å²) < 4.78 is 25.1. The van der Waals surface area contributed by atoms with Gasteiger partial charge in [0.15, 0.2) is 0 Å². The fraction of sp³-hybridized carbons (Fsp3) is 0.214. The molecule has 7 heterocycles. The number of rotatable bonds is 16. The SMILES string of the molecule is CCCOc1cc(-c2c3nc(c(-c4ccncc4)c4ccc([nH]4)c(-c4cc(OCCC)c(C#N)c(OCCC)c4)c4nc(c(-c5ccncc5)c5ccc2[nH]5)C=C4)C=C3)cc(OCCC)c1C#N. The molecule has 0 spiro atoms. The Morgan fingerprint density at radius 2 is 0.691 bits per heavy atom. The van der Waals surface area contributed by atoms with Crippen molar-refractivity contribution in [3.05, 3.63) is 131 Å². The van der Waals surface area contributed by atoms with E-state index in [-0.39, 0.29) is 0 Å². The molecule has 0 radical (unpaired) electrons. The first-order valence-electron chi connectivity index (χ1n) is 23.1. The van der Waals surface area contributed by atoms with E-state index in [1.807, 2.05) is 113 Å². The van der Waals surface area contributed by atoms with Gasteiger partial charge in [-0.05, 0) is 145 Å². The fourth-order valence-corrected chi connectivity index (χ4v) is 8.45. The zero-order valence-electron chi connectivity index (χ0n) is 38.5. The number of nitriles is 2. The summed E-state index contributed by atoms with van der Waals surface area (Å²) in [5.41, 5.74) is 13.3. The van der Waals surface area contributed by atoms with Crippen LogP contribution in [0.15, 0.2) is 97.6 Å². The molecule has 0 aliphatic carbocycles. The molecule has 0 saturated heterocycles. The van der Waals surface area contributed by atoms with Crippen molar-refractivity contribution in [1.29, 1.82) is 10.5 Å². The standard InChI is InChI=1S/C56H50N8O4/c1-5-25-65-49-29-37(30-50(39(49)33-57)66-26-6-2)55-45-13-9-41(61-45)53(35-17-21-59-22-18-35)43-11-15-47(63-43)56(38-31-51(67-27-7-3)40(34-58)52(32-38)68-28-8-4)48-16-12-44(64-48)54(36-19-23-60-24-20-36)42-10-14-46(55)62-42/h9-24,29-32,61,64H,5-8,25-28H2,1-4H3. The predicted octanol–water partition coefficient (Wildman–Crippen LogP) is 13.0. The Labute approximate surface area is 395 Å². The largest absolute Gasteiger partial charge is 0.492 e. The highest BCUT2D eigenvalue weighted by Crippen LogP contribution is 2.43. The van der Waals surface area contributed by atoms with Crippen molar-refractivity contribution in [3.8, 4) is 79.6 Å². The second-order valence-electron chi connectivity index (χ2n) is 16.3. The molecule has 7 aromatic rings. The van der Waals surface area contributed by atoms with Crippen molar-refractivity contribution in [3.63, 3.8) is 0 Å². The third kappa shape index (κ3) is 8.92. The highest BCUT2D eigenvalue weighted by Gasteiger charge is 2.23. The van der Waals surface area contributed by atoms with Crippen LogP contribution >= 0.6 is 0 Å². The third-order valence-electron chi connectivity index (χ3n) is 11.5. The average Bonchev–Trinajstić information content (AvgIpc) is 4.23. The molecule has 2 aliphatic rings. The average molecular weight is 899 g/mol. The van der Waals surface area contributed by atoms with Crippen molar-refractivity contribution in [1.82, 2.24) is 29.9 Å². The van der Waals surface area contributed by atoms with Crippen LogP contribution in [0.3, 0.4) is 0 Å². The van der Waals surface area contributed by atoms with Crippen LogP contribution in [0.25, 0.3) is 90.9 Å². The first-order valence-corrected chi connectivity index (χ1v) is 23.1. The number of pyridine rings is 2. The summed E-state index contributed by atoms with van der Waals surface area (Å²) in [7, 11) is 0. The molecule has 0 amide bonds. The Morgan fingerprint density at radius 3 is 0.956 bits per heavy atom. The van der Waals surface area contributed by atoms with Gasteiger partial charge in [0, 0.05) is 69.1 Å². The maximum Gasteiger partial charge on any atom is 0.141 e. The molecule has 0 atom stereocenters. The summed E-state index contributed by atoms with van der Waals surface area (Å²) in [6.07, 6.45) is 18.2. The molecule has 2 aromatic carbocycles. The summed E-state index contributed by atoms with van der Waals surface area (Å²) in [5, 5.41) is 20.8. The van der Waals surface area contributed by atoms with E-state index >= 15 is 0 Å². The molecule has 9 rings (SSSR count). The van der Waals surface area contributed by atoms with Crippen LogP contribution in [0.5, 0.6) is 23.0 Å². The minimum atomic E-state index is 0.349. The molecule has 5 aromatic heterocycles. The van der Waals surface area contributed by atoms with E-state index in [0.717, 1.165) is 104 Å². The van der Waals surface area contributed by atoms with E-state index in [0.29, 0.717) is 71.9 Å². The van der Waals surface area contributed by atoms with Crippen molar-refractivity contribution < 1.29 is 18.9 Å². The Bertz CT molecular complexity index is 3040. The first kappa shape index (κ1) is 44.7. The van der Waals surface area contributed by atoms with Gasteiger partial charge in [-0.2, -0.15) is 10.5 Å². The summed E-state index contributed by atoms with van der Waals surface area (Å²) in [6.45, 7) is 9.86. The number of fused-ring (bicyclic) bond motifs is 8. The van der Waals surface area contributed by atoms with Crippen LogP contribution < -0.4 is 18.9 Å². The van der Waals surface area contributed by atoms with Crippen LogP contribution in [0.1, 0.15) is 87.3 Å². The molecular weight excluding hydrogens is 849 g/mol. The summed E-state index contributed by atoms with van der Waals surface area (Å²) in [4.78, 5) is 27.1. The Balaban J connectivity index is 1.44. The Kier molecular flexibility index (Phi) is 13.4. The maximum absolute atomic E-state index is 10.4. The predicted molar refractivity (Wildman–Crippen MR) is 269 cm³/mol. The highest BCUT2D eigenvalue weighted by molar-refractivity contribution is 6.00. The number of aromatic amines is 2. The van der Waals surface area contributed by atoms with E-state index in [9.17, 15) is 10.5 Å². The molecule has 68 heavy (non-hydrogen) atoms. The van der Waals surface area contributed by atoms with Gasteiger partial charge in [-0.15, -0.1) is 0 Å². The normalized spacial score (nSPS) is 11.6. The Hall–Kier alpha value is -8.48. The van der Waals surface area contributed by atoms with Crippen LogP contribution in [-0.2, 0) is 0 Å². The van der Waals surface area contributed by atoms with E-state index in [1.54, 1.807) is 24.8 Å². The van der Waals surface area contributed by atoms with E-state index in [1.165, 1.54) is 0 Å². The molecule has 0 fully saturated rings. The van der Waals surface area contributed by atoms with Gasteiger partial charge in [0.1, 0.15) is 46.3 Å². The third-order valence-corrected chi connectivity index (χ3v) is 11.5. The minimum Gasteiger partial charge on any atom is -0.492 e. The zero-order valence-corrected chi connectivity index (χ0v) is 38.5. The molecule has 0 unspecified atom stereocenters. The van der Waals surface area contributed by atoms with Gasteiger partial charge in [0.2, 0.25) is 0 Å². The lowest BCUT2D eigenvalue weighted by molar-refractivity contribution is 0.300. The fourth-order valence-electron chi connectivity index (χ4n) is 8.45. The second-order valence-corrected chi connectivity index (χ2v) is 16.3. The molecule has 12 heteroatoms. The Morgan fingerprint density at radius 1 is 0.412 bits per heavy atom. The summed E-state index contributed by atoms with van der Waals surface area (Å²) in [6, 6.07) is 28.4. The van der Waals surface area contributed by atoms with Crippen LogP contribution in [0, 0.1) is 22.7 Å². The van der Waals surface area contributed by atoms with Crippen molar-refractivity contribution >= 4 is 46.4 Å². The number of nitrogens with one attached hydrogen (secondary N) is 2. The molecule has 0 saturated carbocycles. The van der Waals surface area contributed by atoms with Crippen molar-refractivity contribution in [2.75, 3.05) is 26.4 Å². The van der Waals surface area contributed by atoms with E-state index in [4.69, 9.17) is 28.9 Å². The van der Waals surface area contributed by atoms with Crippen LogP contribution in [0.4, 0.5) is 0 Å². The van der Waals surface area contributed by atoms with Gasteiger partial charge >= 0.3 is 0 Å². The number of hydrogen-bond donors (Lipinski definition) is 2. The number of ether oxygens (including phenoxy) is 4. The number of benzene rings is 2. The lowest BCUT2D eigenvalue weighted by Crippen LogP contribution is -2.03. The second kappa shape index (κ2) is 20.4. The highest BCUT2D eigenvalue weighted by atomic mass is 16.5. The molecule has 2 N–H and O–H groups in total. The van der Waals surface area contributed by atoms with Crippen molar-refractivity contribution in [2.45, 2.75) is 53.4 Å². The van der Waals surface area contributed by atoms with Gasteiger partial charge in [-0.3, -0.25) is 9.97 Å². The monoisotopic (exact) mass is 898 g/mol. The first-order chi connectivity index (χ1) is 33.5. The van der Waals surface area contributed by atoms with E-state index in [2.05, 4.69) is 44.2 Å². The number of aromatic nitrogens is 6. The van der Waals surface area contributed by atoms with Crippen molar-refractivity contribution in [2.24, 2.45) is 0 Å². The van der Waals surface area contributed by atoms with Crippen LogP contribution in [0.2, 0.25) is 0 Å². The topological polar surface area (TPSA) is 168 Å². The van der Waals surface area contributed by atoms with E-state index < -0.39 is 0 Å². The minimum absolute atomic E-state index is 0.349. The lowest BCUT2D eigenvalue weighted by atomic mass is 10.0. The summed E-state index contributed by atoms with van der Waals surface area (Å²) >= 11 is 0. The van der Waals surface area contributed by atoms with Gasteiger partial charge in [-0.25, -0.2) is 9.97 Å². The van der Waals surface area contributed by atoms with Gasteiger partial charge in [0.05, 0.1) is 49.2 Å². The number of nitrogens with zero attached hydrogens (tertiary/aromatic N) is 6. The van der Waals surface area contributed by atoms with Gasteiger partial charge in [0.25, 0.3) is 0 Å². The zero-order chi connectivity index (χ0) is 47.0. The molecular formula is C56H50N8O4. The molecule has 338 valence electrons. The number of H-pyrrole nitrogens is 2. The quantitative estimate of drug-likeness (QED) is 0.0952. The smallest absolute Gasteiger partial charge is 0.141 e. The maximum atomic E-state index is 10.4. The number of hydrogen-bond acceptors (Lipinski definition) is 10. The molecule has 2 aliphatic heterocycles. The van der Waals surface area contributed by atoms with Crippen LogP contribution in [-0.4, -0.2) is 56.3 Å². The summed E-state index contributed by atoms with van der Waals surface area (Å²) in [5.74, 6) is 1.77. The van der Waals surface area contributed by atoms with Gasteiger partial charge < -0.3 is 28.9 Å². The lowest BCUT2D eigenvalue weighted by Gasteiger charge is -2.15. The molecule has 8 bridgehead atoms.